The van der Waals surface area contributed by atoms with E-state index in [-0.39, 0.29) is 18.4 Å². The summed E-state index contributed by atoms with van der Waals surface area (Å²) in [6.45, 7) is 1.75. The maximum absolute atomic E-state index is 12.2. The summed E-state index contributed by atoms with van der Waals surface area (Å²) in [6, 6.07) is 24.3. The average molecular weight is 368 g/mol. The summed E-state index contributed by atoms with van der Waals surface area (Å²) >= 11 is 0. The number of benzene rings is 3. The summed E-state index contributed by atoms with van der Waals surface area (Å²) in [5.41, 5.74) is 3.79. The van der Waals surface area contributed by atoms with Crippen molar-refractivity contribution >= 4 is 17.5 Å². The number of aryl methyl sites for hydroxylation is 1. The third-order valence-electron chi connectivity index (χ3n) is 4.07. The van der Waals surface area contributed by atoms with Gasteiger partial charge in [0.05, 0.1) is 6.54 Å². The van der Waals surface area contributed by atoms with Crippen LogP contribution in [0, 0.1) is 18.8 Å². The van der Waals surface area contributed by atoms with Gasteiger partial charge in [-0.15, -0.1) is 0 Å². The standard InChI is InChI=1S/C24H20N2O2/c1-18-8-5-6-13-22(18)24(28)25-17-23(27)26-21-12-7-11-20(16-21)15-14-19-9-3-2-4-10-19/h2-13,16H,17H2,1H3,(H,25,28)(H,26,27). The van der Waals surface area contributed by atoms with Crippen LogP contribution in [-0.2, 0) is 4.79 Å². The van der Waals surface area contributed by atoms with Crippen molar-refractivity contribution in [3.05, 3.63) is 101 Å². The van der Waals surface area contributed by atoms with E-state index in [0.717, 1.165) is 16.7 Å². The minimum absolute atomic E-state index is 0.104. The zero-order valence-corrected chi connectivity index (χ0v) is 15.5. The van der Waals surface area contributed by atoms with Crippen LogP contribution in [0.1, 0.15) is 27.0 Å². The number of hydrogen-bond acceptors (Lipinski definition) is 2. The summed E-state index contributed by atoms with van der Waals surface area (Å²) in [4.78, 5) is 24.3. The molecular formula is C24H20N2O2. The largest absolute Gasteiger partial charge is 0.343 e. The first kappa shape index (κ1) is 18.9. The number of anilines is 1. The minimum Gasteiger partial charge on any atom is -0.343 e. The lowest BCUT2D eigenvalue weighted by Gasteiger charge is -2.08. The van der Waals surface area contributed by atoms with E-state index in [1.807, 2.05) is 61.5 Å². The molecule has 0 aliphatic carbocycles. The summed E-state index contributed by atoms with van der Waals surface area (Å²) in [7, 11) is 0. The molecule has 0 heterocycles. The third kappa shape index (κ3) is 5.33. The molecule has 4 heteroatoms. The fraction of sp³-hybridized carbons (Fsp3) is 0.0833. The molecule has 0 aliphatic rings. The number of rotatable bonds is 4. The van der Waals surface area contributed by atoms with Gasteiger partial charge in [-0.3, -0.25) is 9.59 Å². The molecule has 0 aromatic heterocycles. The van der Waals surface area contributed by atoms with Crippen LogP contribution in [0.4, 0.5) is 5.69 Å². The molecule has 138 valence electrons. The number of carbonyl (C=O) groups is 2. The van der Waals surface area contributed by atoms with Gasteiger partial charge >= 0.3 is 0 Å². The van der Waals surface area contributed by atoms with Gasteiger partial charge in [0.1, 0.15) is 0 Å². The minimum atomic E-state index is -0.296. The van der Waals surface area contributed by atoms with Gasteiger partial charge in [-0.25, -0.2) is 0 Å². The van der Waals surface area contributed by atoms with E-state index in [1.54, 1.807) is 24.3 Å². The quantitative estimate of drug-likeness (QED) is 0.689. The van der Waals surface area contributed by atoms with Crippen molar-refractivity contribution in [2.45, 2.75) is 6.92 Å². The molecule has 0 atom stereocenters. The Morgan fingerprint density at radius 2 is 1.50 bits per heavy atom. The molecule has 4 nitrogen and oxygen atoms in total. The highest BCUT2D eigenvalue weighted by Crippen LogP contribution is 2.10. The van der Waals surface area contributed by atoms with Crippen molar-refractivity contribution in [1.29, 1.82) is 0 Å². The third-order valence-corrected chi connectivity index (χ3v) is 4.07. The molecule has 0 radical (unpaired) electrons. The van der Waals surface area contributed by atoms with Crippen molar-refractivity contribution in [1.82, 2.24) is 5.32 Å². The van der Waals surface area contributed by atoms with E-state index in [4.69, 9.17) is 0 Å². The van der Waals surface area contributed by atoms with Gasteiger partial charge in [-0.2, -0.15) is 0 Å². The Bertz CT molecular complexity index is 1050. The SMILES string of the molecule is Cc1ccccc1C(=O)NCC(=O)Nc1cccc(C#Cc2ccccc2)c1. The second kappa shape index (κ2) is 9.20. The summed E-state index contributed by atoms with van der Waals surface area (Å²) in [6.07, 6.45) is 0. The summed E-state index contributed by atoms with van der Waals surface area (Å²) < 4.78 is 0. The highest BCUT2D eigenvalue weighted by molar-refractivity contribution is 6.00. The van der Waals surface area contributed by atoms with Crippen molar-refractivity contribution in [3.8, 4) is 11.8 Å². The van der Waals surface area contributed by atoms with Crippen LogP contribution in [0.2, 0.25) is 0 Å². The van der Waals surface area contributed by atoms with Gasteiger partial charge < -0.3 is 10.6 Å². The predicted octanol–water partition coefficient (Wildman–Crippen LogP) is 3.76. The van der Waals surface area contributed by atoms with Crippen LogP contribution in [0.3, 0.4) is 0 Å². The molecule has 0 unspecified atom stereocenters. The van der Waals surface area contributed by atoms with E-state index in [2.05, 4.69) is 22.5 Å². The number of nitrogens with one attached hydrogen (secondary N) is 2. The van der Waals surface area contributed by atoms with E-state index >= 15 is 0 Å². The summed E-state index contributed by atoms with van der Waals surface area (Å²) in [5.74, 6) is 5.60. The Labute approximate surface area is 164 Å². The van der Waals surface area contributed by atoms with Gasteiger partial charge in [-0.1, -0.05) is 54.3 Å². The number of amides is 2. The normalized spacial score (nSPS) is 9.75. The molecule has 3 aromatic rings. The Morgan fingerprint density at radius 1 is 0.821 bits per heavy atom. The molecule has 0 saturated carbocycles. The molecule has 3 aromatic carbocycles. The van der Waals surface area contributed by atoms with Crippen LogP contribution in [0.15, 0.2) is 78.9 Å². The Morgan fingerprint density at radius 3 is 2.29 bits per heavy atom. The summed E-state index contributed by atoms with van der Waals surface area (Å²) in [5, 5.41) is 5.42. The van der Waals surface area contributed by atoms with Gasteiger partial charge in [0, 0.05) is 22.4 Å². The molecule has 2 amide bonds. The molecule has 0 spiro atoms. The lowest BCUT2D eigenvalue weighted by atomic mass is 10.1. The van der Waals surface area contributed by atoms with E-state index in [1.165, 1.54) is 0 Å². The maximum atomic E-state index is 12.2. The van der Waals surface area contributed by atoms with Gasteiger partial charge in [0.2, 0.25) is 5.91 Å². The lowest BCUT2D eigenvalue weighted by molar-refractivity contribution is -0.115. The number of carbonyl (C=O) groups excluding carboxylic acids is 2. The second-order valence-electron chi connectivity index (χ2n) is 6.24. The van der Waals surface area contributed by atoms with Crippen LogP contribution >= 0.6 is 0 Å². The molecule has 3 rings (SSSR count). The zero-order valence-electron chi connectivity index (χ0n) is 15.5. The Balaban J connectivity index is 1.58. The fourth-order valence-electron chi connectivity index (χ4n) is 2.63. The van der Waals surface area contributed by atoms with Crippen LogP contribution < -0.4 is 10.6 Å². The number of hydrogen-bond donors (Lipinski definition) is 2. The monoisotopic (exact) mass is 368 g/mol. The fourth-order valence-corrected chi connectivity index (χ4v) is 2.63. The van der Waals surface area contributed by atoms with Crippen LogP contribution in [-0.4, -0.2) is 18.4 Å². The first-order valence-electron chi connectivity index (χ1n) is 8.92. The topological polar surface area (TPSA) is 58.2 Å². The highest BCUT2D eigenvalue weighted by atomic mass is 16.2. The first-order chi connectivity index (χ1) is 13.6. The smallest absolute Gasteiger partial charge is 0.251 e. The molecule has 0 bridgehead atoms. The molecule has 0 aliphatic heterocycles. The average Bonchev–Trinajstić information content (AvgIpc) is 2.72. The van der Waals surface area contributed by atoms with Gasteiger partial charge in [0.25, 0.3) is 5.91 Å². The molecular weight excluding hydrogens is 348 g/mol. The van der Waals surface area contributed by atoms with E-state index < -0.39 is 0 Å². The van der Waals surface area contributed by atoms with Crippen molar-refractivity contribution in [2.24, 2.45) is 0 Å². The lowest BCUT2D eigenvalue weighted by Crippen LogP contribution is -2.33. The first-order valence-corrected chi connectivity index (χ1v) is 8.92. The molecule has 0 saturated heterocycles. The second-order valence-corrected chi connectivity index (χ2v) is 6.24. The molecule has 0 fully saturated rings. The van der Waals surface area contributed by atoms with E-state index in [0.29, 0.717) is 11.3 Å². The Hall–Kier alpha value is -3.84. The van der Waals surface area contributed by atoms with Crippen LogP contribution in [0.5, 0.6) is 0 Å². The maximum Gasteiger partial charge on any atom is 0.251 e. The zero-order chi connectivity index (χ0) is 19.8. The molecule has 28 heavy (non-hydrogen) atoms. The highest BCUT2D eigenvalue weighted by Gasteiger charge is 2.10. The van der Waals surface area contributed by atoms with Crippen molar-refractivity contribution in [3.63, 3.8) is 0 Å². The Kier molecular flexibility index (Phi) is 6.22. The van der Waals surface area contributed by atoms with Crippen molar-refractivity contribution in [2.75, 3.05) is 11.9 Å². The van der Waals surface area contributed by atoms with Gasteiger partial charge in [-0.05, 0) is 48.9 Å². The van der Waals surface area contributed by atoms with E-state index in [9.17, 15) is 9.59 Å². The predicted molar refractivity (Wildman–Crippen MR) is 111 cm³/mol. The van der Waals surface area contributed by atoms with Gasteiger partial charge in [0.15, 0.2) is 0 Å². The van der Waals surface area contributed by atoms with Crippen molar-refractivity contribution < 1.29 is 9.59 Å². The van der Waals surface area contributed by atoms with Crippen LogP contribution in [0.25, 0.3) is 0 Å². The molecule has 2 N–H and O–H groups in total.